The molecule has 0 saturated carbocycles. The Bertz CT molecular complexity index is 414. The van der Waals surface area contributed by atoms with Crippen molar-refractivity contribution in [2.24, 2.45) is 0 Å². The van der Waals surface area contributed by atoms with Gasteiger partial charge in [-0.2, -0.15) is 0 Å². The zero-order chi connectivity index (χ0) is 12.3. The standard InChI is InChI=1S/C13H16ClNO2/c1-2-17-12-9-10(14)5-6-11(12)13(16)15-7-3-4-8-15/h5-6,9H,2-4,7-8H2,1H3. The molecule has 1 aromatic carbocycles. The molecule has 92 valence electrons. The summed E-state index contributed by atoms with van der Waals surface area (Å²) in [6.45, 7) is 4.10. The van der Waals surface area contributed by atoms with Crippen molar-refractivity contribution in [3.8, 4) is 5.75 Å². The highest BCUT2D eigenvalue weighted by Gasteiger charge is 2.22. The van der Waals surface area contributed by atoms with Crippen LogP contribution in [0.25, 0.3) is 0 Å². The van der Waals surface area contributed by atoms with Gasteiger partial charge in [-0.05, 0) is 38.0 Å². The SMILES string of the molecule is CCOc1cc(Cl)ccc1C(=O)N1CCCC1. The summed E-state index contributed by atoms with van der Waals surface area (Å²) in [6.07, 6.45) is 2.17. The molecule has 0 bridgehead atoms. The van der Waals surface area contributed by atoms with Gasteiger partial charge >= 0.3 is 0 Å². The first kappa shape index (κ1) is 12.2. The van der Waals surface area contributed by atoms with Crippen LogP contribution in [0.3, 0.4) is 0 Å². The number of halogens is 1. The molecule has 2 rings (SSSR count). The first-order chi connectivity index (χ1) is 8.22. The number of rotatable bonds is 3. The minimum absolute atomic E-state index is 0.0441. The fraction of sp³-hybridized carbons (Fsp3) is 0.462. The van der Waals surface area contributed by atoms with Gasteiger partial charge in [0, 0.05) is 18.1 Å². The lowest BCUT2D eigenvalue weighted by Gasteiger charge is -2.17. The Morgan fingerprint density at radius 3 is 2.76 bits per heavy atom. The molecule has 0 aliphatic carbocycles. The van der Waals surface area contributed by atoms with Crippen LogP contribution in [-0.4, -0.2) is 30.5 Å². The Balaban J connectivity index is 2.26. The summed E-state index contributed by atoms with van der Waals surface area (Å²) < 4.78 is 5.47. The number of ether oxygens (including phenoxy) is 1. The molecule has 1 aliphatic rings. The van der Waals surface area contributed by atoms with Crippen LogP contribution in [0.2, 0.25) is 5.02 Å². The maximum Gasteiger partial charge on any atom is 0.257 e. The molecule has 0 spiro atoms. The van der Waals surface area contributed by atoms with Crippen LogP contribution in [-0.2, 0) is 0 Å². The van der Waals surface area contributed by atoms with Crippen LogP contribution in [0.5, 0.6) is 5.75 Å². The second kappa shape index (κ2) is 5.41. The van der Waals surface area contributed by atoms with Crippen LogP contribution in [0.15, 0.2) is 18.2 Å². The third kappa shape index (κ3) is 2.72. The summed E-state index contributed by atoms with van der Waals surface area (Å²) in [5, 5.41) is 0.589. The summed E-state index contributed by atoms with van der Waals surface area (Å²) in [5.74, 6) is 0.625. The average Bonchev–Trinajstić information content (AvgIpc) is 2.82. The van der Waals surface area contributed by atoms with Crippen molar-refractivity contribution < 1.29 is 9.53 Å². The van der Waals surface area contributed by atoms with Crippen molar-refractivity contribution in [2.45, 2.75) is 19.8 Å². The molecule has 1 heterocycles. The average molecular weight is 254 g/mol. The first-order valence-corrected chi connectivity index (χ1v) is 6.32. The summed E-state index contributed by atoms with van der Waals surface area (Å²) in [5.41, 5.74) is 0.609. The maximum atomic E-state index is 12.3. The van der Waals surface area contributed by atoms with E-state index in [1.54, 1.807) is 18.2 Å². The summed E-state index contributed by atoms with van der Waals surface area (Å²) in [6, 6.07) is 5.18. The molecule has 1 saturated heterocycles. The number of carbonyl (C=O) groups is 1. The molecule has 1 amide bonds. The fourth-order valence-corrected chi connectivity index (χ4v) is 2.20. The molecular formula is C13H16ClNO2. The van der Waals surface area contributed by atoms with E-state index in [0.29, 0.717) is 22.9 Å². The zero-order valence-corrected chi connectivity index (χ0v) is 10.7. The van der Waals surface area contributed by atoms with Gasteiger partial charge in [0.25, 0.3) is 5.91 Å². The Hall–Kier alpha value is -1.22. The zero-order valence-electron chi connectivity index (χ0n) is 9.91. The summed E-state index contributed by atoms with van der Waals surface area (Å²) in [4.78, 5) is 14.1. The highest BCUT2D eigenvalue weighted by Crippen LogP contribution is 2.26. The van der Waals surface area contributed by atoms with Crippen LogP contribution in [0, 0.1) is 0 Å². The summed E-state index contributed by atoms with van der Waals surface area (Å²) in [7, 11) is 0. The predicted molar refractivity (Wildman–Crippen MR) is 67.8 cm³/mol. The third-order valence-electron chi connectivity index (χ3n) is 2.87. The topological polar surface area (TPSA) is 29.5 Å². The Kier molecular flexibility index (Phi) is 3.89. The number of hydrogen-bond donors (Lipinski definition) is 0. The highest BCUT2D eigenvalue weighted by molar-refractivity contribution is 6.30. The van der Waals surface area contributed by atoms with Gasteiger partial charge in [-0.3, -0.25) is 4.79 Å². The van der Waals surface area contributed by atoms with Crippen LogP contribution in [0.4, 0.5) is 0 Å². The molecule has 0 aromatic heterocycles. The second-order valence-corrected chi connectivity index (χ2v) is 4.51. The number of amides is 1. The molecule has 3 nitrogen and oxygen atoms in total. The highest BCUT2D eigenvalue weighted by atomic mass is 35.5. The number of nitrogens with zero attached hydrogens (tertiary/aromatic N) is 1. The number of carbonyl (C=O) groups excluding carboxylic acids is 1. The first-order valence-electron chi connectivity index (χ1n) is 5.94. The number of likely N-dealkylation sites (tertiary alicyclic amines) is 1. The molecule has 4 heteroatoms. The molecule has 0 atom stereocenters. The molecule has 0 N–H and O–H groups in total. The van der Waals surface area contributed by atoms with Gasteiger partial charge in [-0.15, -0.1) is 0 Å². The van der Waals surface area contributed by atoms with Gasteiger partial charge in [0.15, 0.2) is 0 Å². The van der Waals surface area contributed by atoms with Crippen LogP contribution in [0.1, 0.15) is 30.1 Å². The van der Waals surface area contributed by atoms with Crippen molar-refractivity contribution in [3.63, 3.8) is 0 Å². The number of hydrogen-bond acceptors (Lipinski definition) is 2. The molecular weight excluding hydrogens is 238 g/mol. The van der Waals surface area contributed by atoms with Crippen molar-refractivity contribution in [2.75, 3.05) is 19.7 Å². The van der Waals surface area contributed by atoms with Crippen molar-refractivity contribution in [3.05, 3.63) is 28.8 Å². The minimum Gasteiger partial charge on any atom is -0.493 e. The fourth-order valence-electron chi connectivity index (χ4n) is 2.04. The van der Waals surface area contributed by atoms with Crippen molar-refractivity contribution >= 4 is 17.5 Å². The monoisotopic (exact) mass is 253 g/mol. The smallest absolute Gasteiger partial charge is 0.257 e. The van der Waals surface area contributed by atoms with Crippen LogP contribution >= 0.6 is 11.6 Å². The van der Waals surface area contributed by atoms with Gasteiger partial charge in [-0.1, -0.05) is 11.6 Å². The van der Waals surface area contributed by atoms with E-state index in [-0.39, 0.29) is 5.91 Å². The van der Waals surface area contributed by atoms with E-state index in [4.69, 9.17) is 16.3 Å². The van der Waals surface area contributed by atoms with E-state index in [1.165, 1.54) is 0 Å². The molecule has 1 fully saturated rings. The van der Waals surface area contributed by atoms with Gasteiger partial charge in [-0.25, -0.2) is 0 Å². The van der Waals surface area contributed by atoms with Gasteiger partial charge in [0.1, 0.15) is 5.75 Å². The normalized spacial score (nSPS) is 15.1. The van der Waals surface area contributed by atoms with Crippen LogP contribution < -0.4 is 4.74 Å². The largest absolute Gasteiger partial charge is 0.493 e. The molecule has 1 aromatic rings. The maximum absolute atomic E-state index is 12.3. The van der Waals surface area contributed by atoms with Crippen molar-refractivity contribution in [1.82, 2.24) is 4.90 Å². The Labute approximate surface area is 106 Å². The molecule has 0 unspecified atom stereocenters. The van der Waals surface area contributed by atoms with E-state index >= 15 is 0 Å². The van der Waals surface area contributed by atoms with E-state index in [2.05, 4.69) is 0 Å². The quantitative estimate of drug-likeness (QED) is 0.829. The van der Waals surface area contributed by atoms with E-state index < -0.39 is 0 Å². The van der Waals surface area contributed by atoms with Gasteiger partial charge in [0.05, 0.1) is 12.2 Å². The molecule has 1 aliphatic heterocycles. The lowest BCUT2D eigenvalue weighted by molar-refractivity contribution is 0.0788. The van der Waals surface area contributed by atoms with E-state index in [0.717, 1.165) is 25.9 Å². The van der Waals surface area contributed by atoms with Gasteiger partial charge < -0.3 is 9.64 Å². The molecule has 17 heavy (non-hydrogen) atoms. The number of benzene rings is 1. The molecule has 0 radical (unpaired) electrons. The van der Waals surface area contributed by atoms with Crippen molar-refractivity contribution in [1.29, 1.82) is 0 Å². The van der Waals surface area contributed by atoms with E-state index in [1.807, 2.05) is 11.8 Å². The lowest BCUT2D eigenvalue weighted by atomic mass is 10.1. The summed E-state index contributed by atoms with van der Waals surface area (Å²) >= 11 is 5.91. The van der Waals surface area contributed by atoms with E-state index in [9.17, 15) is 4.79 Å². The predicted octanol–water partition coefficient (Wildman–Crippen LogP) is 2.97. The van der Waals surface area contributed by atoms with Gasteiger partial charge in [0.2, 0.25) is 0 Å². The third-order valence-corrected chi connectivity index (χ3v) is 3.10. The lowest BCUT2D eigenvalue weighted by Crippen LogP contribution is -2.28. The minimum atomic E-state index is 0.0441. The Morgan fingerprint density at radius 1 is 1.41 bits per heavy atom. The Morgan fingerprint density at radius 2 is 2.12 bits per heavy atom. The second-order valence-electron chi connectivity index (χ2n) is 4.07.